The minimum absolute atomic E-state index is 0.0145. The van der Waals surface area contributed by atoms with Crippen molar-refractivity contribution in [1.82, 2.24) is 10.3 Å². The zero-order chi connectivity index (χ0) is 12.0. The summed E-state index contributed by atoms with van der Waals surface area (Å²) in [6.07, 6.45) is 2.50. The number of amides is 1. The van der Waals surface area contributed by atoms with Gasteiger partial charge in [-0.3, -0.25) is 9.78 Å². The van der Waals surface area contributed by atoms with E-state index in [4.69, 9.17) is 9.84 Å². The van der Waals surface area contributed by atoms with Crippen LogP contribution in [0, 0.1) is 0 Å². The van der Waals surface area contributed by atoms with Gasteiger partial charge in [0.15, 0.2) is 0 Å². The van der Waals surface area contributed by atoms with Crippen LogP contribution in [0.2, 0.25) is 0 Å². The Hall–Kier alpha value is -1.95. The van der Waals surface area contributed by atoms with Crippen molar-refractivity contribution in [3.63, 3.8) is 0 Å². The summed E-state index contributed by atoms with van der Waals surface area (Å²) in [5.41, 5.74) is 0.204. The molecule has 1 heterocycles. The Labute approximate surface area is 92.3 Å². The molecule has 0 unspecified atom stereocenters. The second kappa shape index (κ2) is 5.82. The molecule has 0 bridgehead atoms. The topological polar surface area (TPSA) is 88.5 Å². The Morgan fingerprint density at radius 1 is 1.44 bits per heavy atom. The molecule has 0 fully saturated rings. The number of nitrogens with one attached hydrogen (secondary N) is 1. The number of hydrogen-bond acceptors (Lipinski definition) is 4. The van der Waals surface area contributed by atoms with Gasteiger partial charge in [-0.05, 0) is 6.07 Å². The van der Waals surface area contributed by atoms with Crippen LogP contribution in [0.25, 0.3) is 0 Å². The molecule has 1 amide bonds. The maximum atomic E-state index is 11.5. The molecule has 6 heteroatoms. The molecule has 0 atom stereocenters. The molecule has 1 aromatic heterocycles. The molecule has 0 aliphatic rings. The number of methoxy groups -OCH3 is 1. The van der Waals surface area contributed by atoms with Gasteiger partial charge >= 0.3 is 5.97 Å². The van der Waals surface area contributed by atoms with Crippen molar-refractivity contribution in [1.29, 1.82) is 0 Å². The third-order valence-electron chi connectivity index (χ3n) is 1.84. The molecular weight excluding hydrogens is 212 g/mol. The molecular formula is C10H12N2O4. The van der Waals surface area contributed by atoms with Crippen molar-refractivity contribution in [3.8, 4) is 0 Å². The molecule has 0 aromatic carbocycles. The number of ether oxygens (including phenoxy) is 1. The van der Waals surface area contributed by atoms with Crippen LogP contribution >= 0.6 is 0 Å². The number of pyridine rings is 1. The molecule has 2 N–H and O–H groups in total. The van der Waals surface area contributed by atoms with E-state index in [1.165, 1.54) is 25.6 Å². The molecule has 0 aliphatic carbocycles. The van der Waals surface area contributed by atoms with E-state index in [1.807, 2.05) is 0 Å². The number of nitrogens with zero attached hydrogens (tertiary/aromatic N) is 1. The van der Waals surface area contributed by atoms with Crippen LogP contribution in [-0.4, -0.2) is 42.2 Å². The van der Waals surface area contributed by atoms with Gasteiger partial charge in [-0.1, -0.05) is 0 Å². The number of carbonyl (C=O) groups excluding carboxylic acids is 1. The van der Waals surface area contributed by atoms with Gasteiger partial charge in [-0.2, -0.15) is 0 Å². The highest BCUT2D eigenvalue weighted by Crippen LogP contribution is 2.02. The van der Waals surface area contributed by atoms with Gasteiger partial charge in [0.05, 0.1) is 17.7 Å². The Balaban J connectivity index is 2.68. The summed E-state index contributed by atoms with van der Waals surface area (Å²) in [5.74, 6) is -1.48. The van der Waals surface area contributed by atoms with Crippen LogP contribution in [-0.2, 0) is 4.74 Å². The van der Waals surface area contributed by atoms with E-state index >= 15 is 0 Å². The lowest BCUT2D eigenvalue weighted by atomic mass is 10.2. The molecule has 0 radical (unpaired) electrons. The minimum atomic E-state index is -1.11. The highest BCUT2D eigenvalue weighted by Gasteiger charge is 2.09. The highest BCUT2D eigenvalue weighted by molar-refractivity contribution is 5.96. The quantitative estimate of drug-likeness (QED) is 0.695. The first kappa shape index (κ1) is 12.1. The third kappa shape index (κ3) is 3.32. The zero-order valence-corrected chi connectivity index (χ0v) is 8.77. The van der Waals surface area contributed by atoms with E-state index < -0.39 is 5.97 Å². The fourth-order valence-electron chi connectivity index (χ4n) is 1.05. The van der Waals surface area contributed by atoms with Crippen LogP contribution in [0.1, 0.15) is 20.7 Å². The van der Waals surface area contributed by atoms with Gasteiger partial charge in [-0.15, -0.1) is 0 Å². The number of hydrogen-bond donors (Lipinski definition) is 2. The van der Waals surface area contributed by atoms with Gasteiger partial charge in [-0.25, -0.2) is 4.79 Å². The number of aromatic nitrogens is 1. The standard InChI is InChI=1S/C10H12N2O4/c1-16-3-2-12-9(13)7-4-8(10(14)15)6-11-5-7/h4-6H,2-3H2,1H3,(H,12,13)(H,14,15). The number of carboxylic acid groups (broad SMARTS) is 1. The fraction of sp³-hybridized carbons (Fsp3) is 0.300. The largest absolute Gasteiger partial charge is 0.478 e. The Bertz CT molecular complexity index is 392. The van der Waals surface area contributed by atoms with Crippen molar-refractivity contribution < 1.29 is 19.4 Å². The third-order valence-corrected chi connectivity index (χ3v) is 1.84. The molecule has 0 saturated carbocycles. The number of carboxylic acids is 1. The monoisotopic (exact) mass is 224 g/mol. The Morgan fingerprint density at radius 2 is 2.12 bits per heavy atom. The maximum absolute atomic E-state index is 11.5. The molecule has 0 spiro atoms. The second-order valence-corrected chi connectivity index (χ2v) is 3.02. The second-order valence-electron chi connectivity index (χ2n) is 3.02. The molecule has 6 nitrogen and oxygen atoms in total. The van der Waals surface area contributed by atoms with Gasteiger partial charge in [0.1, 0.15) is 0 Å². The lowest BCUT2D eigenvalue weighted by Gasteiger charge is -2.04. The molecule has 0 saturated heterocycles. The van der Waals surface area contributed by atoms with Crippen molar-refractivity contribution in [3.05, 3.63) is 29.6 Å². The van der Waals surface area contributed by atoms with Gasteiger partial charge < -0.3 is 15.2 Å². The Morgan fingerprint density at radius 3 is 2.75 bits per heavy atom. The van der Waals surface area contributed by atoms with Gasteiger partial charge in [0.2, 0.25) is 0 Å². The lowest BCUT2D eigenvalue weighted by Crippen LogP contribution is -2.27. The van der Waals surface area contributed by atoms with Crippen molar-refractivity contribution in [2.24, 2.45) is 0 Å². The first-order valence-corrected chi connectivity index (χ1v) is 4.60. The van der Waals surface area contributed by atoms with Crippen LogP contribution in [0.15, 0.2) is 18.5 Å². The van der Waals surface area contributed by atoms with E-state index in [-0.39, 0.29) is 17.0 Å². The van der Waals surface area contributed by atoms with Gasteiger partial charge in [0.25, 0.3) is 5.91 Å². The summed E-state index contributed by atoms with van der Waals surface area (Å²) in [6, 6.07) is 1.28. The number of rotatable bonds is 5. The summed E-state index contributed by atoms with van der Waals surface area (Å²) in [6.45, 7) is 0.768. The van der Waals surface area contributed by atoms with Crippen molar-refractivity contribution in [2.45, 2.75) is 0 Å². The predicted molar refractivity (Wildman–Crippen MR) is 55.4 cm³/mol. The molecule has 0 aliphatic heterocycles. The average molecular weight is 224 g/mol. The Kier molecular flexibility index (Phi) is 4.41. The van der Waals surface area contributed by atoms with E-state index in [0.29, 0.717) is 13.2 Å². The van der Waals surface area contributed by atoms with Crippen molar-refractivity contribution >= 4 is 11.9 Å². The van der Waals surface area contributed by atoms with Crippen LogP contribution in [0.5, 0.6) is 0 Å². The predicted octanol–water partition coefficient (Wildman–Crippen LogP) is 0.156. The molecule has 16 heavy (non-hydrogen) atoms. The SMILES string of the molecule is COCCNC(=O)c1cncc(C(=O)O)c1. The van der Waals surface area contributed by atoms with E-state index in [9.17, 15) is 9.59 Å². The summed E-state index contributed by atoms with van der Waals surface area (Å²) >= 11 is 0. The first-order valence-electron chi connectivity index (χ1n) is 4.60. The summed E-state index contributed by atoms with van der Waals surface area (Å²) in [4.78, 5) is 25.8. The molecule has 86 valence electrons. The van der Waals surface area contributed by atoms with E-state index in [2.05, 4.69) is 10.3 Å². The van der Waals surface area contributed by atoms with E-state index in [0.717, 1.165) is 0 Å². The first-order chi connectivity index (χ1) is 7.65. The smallest absolute Gasteiger partial charge is 0.337 e. The van der Waals surface area contributed by atoms with Crippen LogP contribution in [0.4, 0.5) is 0 Å². The summed E-state index contributed by atoms with van der Waals surface area (Å²) < 4.78 is 4.77. The van der Waals surface area contributed by atoms with E-state index in [1.54, 1.807) is 0 Å². The van der Waals surface area contributed by atoms with Crippen LogP contribution < -0.4 is 5.32 Å². The zero-order valence-electron chi connectivity index (χ0n) is 8.77. The number of carbonyl (C=O) groups is 2. The molecule has 1 rings (SSSR count). The van der Waals surface area contributed by atoms with Gasteiger partial charge in [0, 0.05) is 26.0 Å². The van der Waals surface area contributed by atoms with Crippen molar-refractivity contribution in [2.75, 3.05) is 20.3 Å². The fourth-order valence-corrected chi connectivity index (χ4v) is 1.05. The maximum Gasteiger partial charge on any atom is 0.337 e. The lowest BCUT2D eigenvalue weighted by molar-refractivity contribution is 0.0696. The van der Waals surface area contributed by atoms with Crippen LogP contribution in [0.3, 0.4) is 0 Å². The minimum Gasteiger partial charge on any atom is -0.478 e. The average Bonchev–Trinajstić information content (AvgIpc) is 2.29. The molecule has 1 aromatic rings. The highest BCUT2D eigenvalue weighted by atomic mass is 16.5. The summed E-state index contributed by atoms with van der Waals surface area (Å²) in [7, 11) is 1.53. The number of aromatic carboxylic acids is 1. The normalized spacial score (nSPS) is 9.81. The summed E-state index contributed by atoms with van der Waals surface area (Å²) in [5, 5.41) is 11.3.